The van der Waals surface area contributed by atoms with Gasteiger partial charge < -0.3 is 9.84 Å². The molecule has 0 atom stereocenters. The smallest absolute Gasteiger partial charge is 0.335 e. The molecular weight excluding hydrogens is 508 g/mol. The van der Waals surface area contributed by atoms with E-state index in [1.165, 1.54) is 42.7 Å². The first kappa shape index (κ1) is 28.0. The molecular formula is C33H32O5S. The Labute approximate surface area is 233 Å². The number of ether oxygens (including phenoxy) is 1. The third-order valence-corrected chi connectivity index (χ3v) is 7.64. The summed E-state index contributed by atoms with van der Waals surface area (Å²) < 4.78 is 5.52. The molecule has 0 bridgehead atoms. The third-order valence-electron chi connectivity index (χ3n) is 6.71. The van der Waals surface area contributed by atoms with Crippen LogP contribution in [-0.2, 0) is 11.4 Å². The maximum absolute atomic E-state index is 12.3. The molecule has 0 unspecified atom stereocenters. The van der Waals surface area contributed by atoms with Crippen LogP contribution in [0.5, 0.6) is 5.75 Å². The van der Waals surface area contributed by atoms with E-state index >= 15 is 0 Å². The second kappa shape index (κ2) is 14.2. The molecule has 1 heterocycles. The van der Waals surface area contributed by atoms with E-state index < -0.39 is 5.97 Å². The van der Waals surface area contributed by atoms with Crippen LogP contribution in [0.4, 0.5) is 0 Å². The second-order valence-electron chi connectivity index (χ2n) is 9.63. The number of carbonyl (C=O) groups is 3. The molecule has 5 rings (SSSR count). The lowest BCUT2D eigenvalue weighted by Crippen LogP contribution is -2.18. The van der Waals surface area contributed by atoms with Gasteiger partial charge in [-0.1, -0.05) is 98.8 Å². The standard InChI is InChI=1S/C19H20O2S.C14H12O3/c20-17(11-14-7-3-1-4-8-14)19(21)18-12-16(13-22-18)15-9-5-2-6-10-15;15-14(16)12-7-4-8-13(9-12)17-10-11-5-2-1-3-6-11/h2,5-6,9-10,12-14H,1,3-4,7-8,11H2;1-9H,10H2,(H,15,16). The van der Waals surface area contributed by atoms with Crippen molar-refractivity contribution >= 4 is 28.9 Å². The largest absolute Gasteiger partial charge is 0.489 e. The number of aromatic carboxylic acids is 1. The van der Waals surface area contributed by atoms with Crippen LogP contribution in [0, 0.1) is 5.92 Å². The summed E-state index contributed by atoms with van der Waals surface area (Å²) in [5, 5.41) is 10.8. The molecule has 1 aliphatic rings. The number of hydrogen-bond acceptors (Lipinski definition) is 5. The molecule has 1 fully saturated rings. The fourth-order valence-electron chi connectivity index (χ4n) is 4.58. The lowest BCUT2D eigenvalue weighted by molar-refractivity contribution is -0.116. The molecule has 1 aliphatic carbocycles. The van der Waals surface area contributed by atoms with Gasteiger partial charge in [0, 0.05) is 6.42 Å². The van der Waals surface area contributed by atoms with Gasteiger partial charge in [-0.2, -0.15) is 0 Å². The highest BCUT2D eigenvalue weighted by Crippen LogP contribution is 2.29. The molecule has 1 N–H and O–H groups in total. The van der Waals surface area contributed by atoms with E-state index in [2.05, 4.69) is 0 Å². The van der Waals surface area contributed by atoms with Crippen LogP contribution in [0.3, 0.4) is 0 Å². The van der Waals surface area contributed by atoms with Gasteiger partial charge in [0.15, 0.2) is 0 Å². The Kier molecular flexibility index (Phi) is 10.2. The first-order chi connectivity index (χ1) is 19.0. The quantitative estimate of drug-likeness (QED) is 0.171. The van der Waals surface area contributed by atoms with E-state index in [0.717, 1.165) is 29.5 Å². The highest BCUT2D eigenvalue weighted by molar-refractivity contribution is 7.13. The van der Waals surface area contributed by atoms with Crippen LogP contribution >= 0.6 is 11.3 Å². The summed E-state index contributed by atoms with van der Waals surface area (Å²) in [5.41, 5.74) is 3.38. The molecule has 1 aromatic heterocycles. The monoisotopic (exact) mass is 540 g/mol. The van der Waals surface area contributed by atoms with Crippen molar-refractivity contribution < 1.29 is 24.2 Å². The SMILES string of the molecule is O=C(CC1CCCCC1)C(=O)c1cc(-c2ccccc2)cs1.O=C(O)c1cccc(OCc2ccccc2)c1. The predicted molar refractivity (Wildman–Crippen MR) is 154 cm³/mol. The van der Waals surface area contributed by atoms with Crippen molar-refractivity contribution in [2.75, 3.05) is 0 Å². The van der Waals surface area contributed by atoms with Crippen LogP contribution in [0.25, 0.3) is 11.1 Å². The first-order valence-corrected chi connectivity index (χ1v) is 14.1. The van der Waals surface area contributed by atoms with E-state index in [-0.39, 0.29) is 17.1 Å². The Bertz CT molecular complexity index is 1370. The van der Waals surface area contributed by atoms with E-state index in [0.29, 0.717) is 29.6 Å². The zero-order valence-electron chi connectivity index (χ0n) is 21.8. The van der Waals surface area contributed by atoms with Crippen molar-refractivity contribution in [2.24, 2.45) is 5.92 Å². The fraction of sp³-hybridized carbons (Fsp3) is 0.242. The molecule has 0 amide bonds. The number of Topliss-reactive ketones (excluding diaryl/α,β-unsaturated/α-hetero) is 2. The number of ketones is 2. The van der Waals surface area contributed by atoms with Gasteiger partial charge in [0.1, 0.15) is 12.4 Å². The molecule has 3 aromatic carbocycles. The molecule has 200 valence electrons. The maximum Gasteiger partial charge on any atom is 0.335 e. The minimum atomic E-state index is -0.949. The minimum absolute atomic E-state index is 0.214. The van der Waals surface area contributed by atoms with Gasteiger partial charge in [0.05, 0.1) is 10.4 Å². The summed E-state index contributed by atoms with van der Waals surface area (Å²) in [5.74, 6) is -0.492. The van der Waals surface area contributed by atoms with Gasteiger partial charge in [-0.15, -0.1) is 11.3 Å². The number of carboxylic acids is 1. The molecule has 1 saturated carbocycles. The normalized spacial score (nSPS) is 13.1. The predicted octanol–water partition coefficient (Wildman–Crippen LogP) is 8.10. The van der Waals surface area contributed by atoms with Crippen LogP contribution in [0.15, 0.2) is 96.4 Å². The highest BCUT2D eigenvalue weighted by Gasteiger charge is 2.23. The lowest BCUT2D eigenvalue weighted by atomic mass is 9.85. The van der Waals surface area contributed by atoms with Crippen LogP contribution in [-0.4, -0.2) is 22.6 Å². The van der Waals surface area contributed by atoms with Gasteiger partial charge in [-0.3, -0.25) is 9.59 Å². The molecule has 0 aliphatic heterocycles. The molecule has 5 nitrogen and oxygen atoms in total. The summed E-state index contributed by atoms with van der Waals surface area (Å²) in [6.07, 6.45) is 6.28. The second-order valence-corrected chi connectivity index (χ2v) is 10.5. The van der Waals surface area contributed by atoms with E-state index in [9.17, 15) is 14.4 Å². The average Bonchev–Trinajstić information content (AvgIpc) is 3.48. The minimum Gasteiger partial charge on any atom is -0.489 e. The Balaban J connectivity index is 0.000000187. The number of hydrogen-bond donors (Lipinski definition) is 1. The van der Waals surface area contributed by atoms with Crippen molar-refractivity contribution in [3.63, 3.8) is 0 Å². The molecule has 0 spiro atoms. The van der Waals surface area contributed by atoms with Gasteiger partial charge in [-0.25, -0.2) is 4.79 Å². The Morgan fingerprint density at radius 2 is 1.49 bits per heavy atom. The Morgan fingerprint density at radius 3 is 2.18 bits per heavy atom. The lowest BCUT2D eigenvalue weighted by Gasteiger charge is -2.20. The highest BCUT2D eigenvalue weighted by atomic mass is 32.1. The van der Waals surface area contributed by atoms with Gasteiger partial charge >= 0.3 is 5.97 Å². The van der Waals surface area contributed by atoms with E-state index in [1.54, 1.807) is 12.1 Å². The van der Waals surface area contributed by atoms with E-state index in [1.807, 2.05) is 72.1 Å². The van der Waals surface area contributed by atoms with Crippen molar-refractivity contribution in [3.05, 3.63) is 112 Å². The van der Waals surface area contributed by atoms with Crippen LogP contribution < -0.4 is 4.74 Å². The topological polar surface area (TPSA) is 80.7 Å². The summed E-state index contributed by atoms with van der Waals surface area (Å²) in [4.78, 5) is 35.9. The van der Waals surface area contributed by atoms with Crippen molar-refractivity contribution in [2.45, 2.75) is 45.1 Å². The zero-order chi connectivity index (χ0) is 27.5. The number of benzene rings is 3. The first-order valence-electron chi connectivity index (χ1n) is 13.2. The number of carboxylic acid groups (broad SMARTS) is 1. The third kappa shape index (κ3) is 8.48. The molecule has 0 saturated heterocycles. The Morgan fingerprint density at radius 1 is 0.795 bits per heavy atom. The average molecular weight is 541 g/mol. The Hall–Kier alpha value is -4.03. The van der Waals surface area contributed by atoms with Crippen molar-refractivity contribution in [1.29, 1.82) is 0 Å². The maximum atomic E-state index is 12.3. The van der Waals surface area contributed by atoms with Crippen LogP contribution in [0.2, 0.25) is 0 Å². The number of rotatable bonds is 9. The van der Waals surface area contributed by atoms with Crippen LogP contribution in [0.1, 0.15) is 64.1 Å². The fourth-order valence-corrected chi connectivity index (χ4v) is 5.45. The van der Waals surface area contributed by atoms with Crippen molar-refractivity contribution in [1.82, 2.24) is 0 Å². The summed E-state index contributed by atoms with van der Waals surface area (Å²) in [6, 6.07) is 28.0. The number of carbonyl (C=O) groups excluding carboxylic acids is 2. The molecule has 6 heteroatoms. The van der Waals surface area contributed by atoms with Gasteiger partial charge in [-0.05, 0) is 52.3 Å². The zero-order valence-corrected chi connectivity index (χ0v) is 22.6. The van der Waals surface area contributed by atoms with E-state index in [4.69, 9.17) is 9.84 Å². The molecule has 4 aromatic rings. The molecule has 39 heavy (non-hydrogen) atoms. The van der Waals surface area contributed by atoms with Gasteiger partial charge in [0.25, 0.3) is 0 Å². The summed E-state index contributed by atoms with van der Waals surface area (Å²) in [7, 11) is 0. The van der Waals surface area contributed by atoms with Crippen molar-refractivity contribution in [3.8, 4) is 16.9 Å². The summed E-state index contributed by atoms with van der Waals surface area (Å²) >= 11 is 1.37. The van der Waals surface area contributed by atoms with Gasteiger partial charge in [0.2, 0.25) is 11.6 Å². The summed E-state index contributed by atoms with van der Waals surface area (Å²) in [6.45, 7) is 0.434. The number of thiophene rings is 1. The molecule has 0 radical (unpaired) electrons.